The molecule has 0 fully saturated rings. The largest absolute Gasteiger partial charge is 0.492 e. The predicted molar refractivity (Wildman–Crippen MR) is 85.6 cm³/mol. The summed E-state index contributed by atoms with van der Waals surface area (Å²) in [4.78, 5) is 26.4. The lowest BCUT2D eigenvalue weighted by molar-refractivity contribution is -0.120. The number of ether oxygens (including phenoxy) is 2. The van der Waals surface area contributed by atoms with E-state index in [9.17, 15) is 14.7 Å². The van der Waals surface area contributed by atoms with Gasteiger partial charge < -0.3 is 25.6 Å². The van der Waals surface area contributed by atoms with Crippen LogP contribution in [0.3, 0.4) is 0 Å². The van der Waals surface area contributed by atoms with Crippen LogP contribution in [0.15, 0.2) is 22.7 Å². The first-order valence-corrected chi connectivity index (χ1v) is 7.54. The van der Waals surface area contributed by atoms with Crippen LogP contribution in [-0.2, 0) is 9.59 Å². The number of fused-ring (bicyclic) bond motifs is 2. The number of rotatable bonds is 5. The van der Waals surface area contributed by atoms with Crippen molar-refractivity contribution in [2.75, 3.05) is 6.61 Å². The number of primary amides is 1. The van der Waals surface area contributed by atoms with E-state index < -0.39 is 18.2 Å². The molecule has 1 unspecified atom stereocenters. The topological polar surface area (TPSA) is 123 Å². The molecule has 24 heavy (non-hydrogen) atoms. The van der Waals surface area contributed by atoms with E-state index in [0.29, 0.717) is 17.7 Å². The molecule has 0 aliphatic carbocycles. The average molecular weight is 352 g/mol. The van der Waals surface area contributed by atoms with Gasteiger partial charge >= 0.3 is 0 Å². The minimum Gasteiger partial charge on any atom is -0.492 e. The molecule has 4 N–H and O–H groups in total. The second-order valence-electron chi connectivity index (χ2n) is 5.16. The van der Waals surface area contributed by atoms with Crippen molar-refractivity contribution in [2.45, 2.75) is 19.2 Å². The monoisotopic (exact) mass is 351 g/mol. The fraction of sp³-hybridized carbons (Fsp3) is 0.267. The number of nitrogens with zero attached hydrogens (tertiary/aromatic N) is 1. The Labute approximate surface area is 141 Å². The van der Waals surface area contributed by atoms with Crippen LogP contribution < -0.4 is 20.5 Å². The van der Waals surface area contributed by atoms with E-state index in [1.54, 1.807) is 18.2 Å². The Morgan fingerprint density at radius 1 is 1.50 bits per heavy atom. The molecule has 2 heterocycles. The summed E-state index contributed by atoms with van der Waals surface area (Å²) in [5.74, 6) is -0.234. The zero-order valence-corrected chi connectivity index (χ0v) is 13.2. The maximum atomic E-state index is 11.8. The van der Waals surface area contributed by atoms with Crippen molar-refractivity contribution < 1.29 is 24.2 Å². The van der Waals surface area contributed by atoms with Crippen molar-refractivity contribution in [3.8, 4) is 11.5 Å². The molecular formula is C15H14ClN3O5. The Morgan fingerprint density at radius 2 is 2.29 bits per heavy atom. The van der Waals surface area contributed by atoms with Gasteiger partial charge in [-0.15, -0.1) is 0 Å². The standard InChI is InChI=1S/C15H14ClN3O5/c16-11-9(23-5-1-2-10(17)20)4-3-7-6-8-13(21)18-15(22)19-14(8)24-12(7)11/h3-4,6,15,22H,1-2,5H2,(H2,17,20)(H,18,21). The van der Waals surface area contributed by atoms with Gasteiger partial charge in [0.1, 0.15) is 16.3 Å². The number of nitrogens with one attached hydrogen (secondary N) is 1. The maximum Gasteiger partial charge on any atom is 0.260 e. The fourth-order valence-corrected chi connectivity index (χ4v) is 2.54. The Hall–Kier alpha value is -2.58. The van der Waals surface area contributed by atoms with Gasteiger partial charge in [0.15, 0.2) is 5.75 Å². The van der Waals surface area contributed by atoms with Crippen molar-refractivity contribution in [1.82, 2.24) is 5.32 Å². The minimum atomic E-state index is -1.36. The summed E-state index contributed by atoms with van der Waals surface area (Å²) < 4.78 is 11.1. The molecule has 2 amide bonds. The summed E-state index contributed by atoms with van der Waals surface area (Å²) in [7, 11) is 0. The van der Waals surface area contributed by atoms with Crippen LogP contribution in [-0.4, -0.2) is 35.8 Å². The van der Waals surface area contributed by atoms with Crippen molar-refractivity contribution in [3.63, 3.8) is 0 Å². The first-order valence-electron chi connectivity index (χ1n) is 7.16. The van der Waals surface area contributed by atoms with E-state index in [0.717, 1.165) is 0 Å². The molecule has 0 bridgehead atoms. The highest BCUT2D eigenvalue weighted by molar-refractivity contribution is 6.35. The average Bonchev–Trinajstić information content (AvgIpc) is 2.52. The second kappa shape index (κ2) is 6.50. The highest BCUT2D eigenvalue weighted by atomic mass is 35.5. The summed E-state index contributed by atoms with van der Waals surface area (Å²) in [6.45, 7) is 0.268. The molecule has 1 atom stereocenters. The lowest BCUT2D eigenvalue weighted by Crippen LogP contribution is -2.43. The first-order chi connectivity index (χ1) is 11.5. The molecule has 0 aromatic heterocycles. The van der Waals surface area contributed by atoms with Gasteiger partial charge in [-0.3, -0.25) is 9.59 Å². The first kappa shape index (κ1) is 16.3. The van der Waals surface area contributed by atoms with E-state index in [4.69, 9.17) is 26.8 Å². The number of aliphatic hydroxyl groups excluding tert-OH is 1. The van der Waals surface area contributed by atoms with E-state index in [1.165, 1.54) is 0 Å². The summed E-state index contributed by atoms with van der Waals surface area (Å²) >= 11 is 6.28. The maximum absolute atomic E-state index is 11.8. The molecule has 126 valence electrons. The number of hydrogen-bond donors (Lipinski definition) is 3. The number of aliphatic hydroxyl groups is 1. The summed E-state index contributed by atoms with van der Waals surface area (Å²) in [5, 5.41) is 11.9. The number of carbonyl (C=O) groups excluding carboxylic acids is 2. The number of amides is 2. The summed E-state index contributed by atoms with van der Waals surface area (Å²) in [5.41, 5.74) is 5.86. The minimum absolute atomic E-state index is 0.00784. The Bertz CT molecular complexity index is 775. The molecule has 1 aromatic rings. The van der Waals surface area contributed by atoms with E-state index in [2.05, 4.69) is 10.3 Å². The molecular weight excluding hydrogens is 338 g/mol. The van der Waals surface area contributed by atoms with E-state index in [1.807, 2.05) is 0 Å². The number of benzene rings is 1. The SMILES string of the molecule is NC(=O)CCCOc1ccc2c(c1Cl)OC1=NC(O)NC(=O)C1=C2. The number of hydrogen-bond acceptors (Lipinski definition) is 6. The van der Waals surface area contributed by atoms with E-state index >= 15 is 0 Å². The smallest absolute Gasteiger partial charge is 0.260 e. The van der Waals surface area contributed by atoms with Crippen LogP contribution >= 0.6 is 11.6 Å². The van der Waals surface area contributed by atoms with Gasteiger partial charge in [0.2, 0.25) is 18.2 Å². The van der Waals surface area contributed by atoms with Gasteiger partial charge in [-0.25, -0.2) is 0 Å². The number of nitrogens with two attached hydrogens (primary N) is 1. The Kier molecular flexibility index (Phi) is 4.41. The zero-order valence-electron chi connectivity index (χ0n) is 12.4. The number of aliphatic imine (C=N–C) groups is 1. The van der Waals surface area contributed by atoms with Gasteiger partial charge in [0.05, 0.1) is 6.61 Å². The van der Waals surface area contributed by atoms with Crippen LogP contribution in [0.5, 0.6) is 11.5 Å². The Balaban J connectivity index is 1.83. The fourth-order valence-electron chi connectivity index (χ4n) is 2.28. The third kappa shape index (κ3) is 3.19. The predicted octanol–water partition coefficient (Wildman–Crippen LogP) is 0.564. The van der Waals surface area contributed by atoms with Gasteiger partial charge in [-0.2, -0.15) is 4.99 Å². The normalized spacial score (nSPS) is 18.4. The van der Waals surface area contributed by atoms with Crippen LogP contribution in [0.25, 0.3) is 6.08 Å². The number of halogens is 1. The third-order valence-corrected chi connectivity index (χ3v) is 3.75. The summed E-state index contributed by atoms with van der Waals surface area (Å²) in [6.07, 6.45) is 0.891. The van der Waals surface area contributed by atoms with Crippen molar-refractivity contribution >= 4 is 35.4 Å². The van der Waals surface area contributed by atoms with Crippen molar-refractivity contribution in [3.05, 3.63) is 28.3 Å². The van der Waals surface area contributed by atoms with E-state index in [-0.39, 0.29) is 35.3 Å². The van der Waals surface area contributed by atoms with Crippen LogP contribution in [0, 0.1) is 0 Å². The molecule has 1 aromatic carbocycles. The molecule has 8 nitrogen and oxygen atoms in total. The van der Waals surface area contributed by atoms with Gasteiger partial charge in [0, 0.05) is 12.0 Å². The lowest BCUT2D eigenvalue weighted by Gasteiger charge is -2.25. The third-order valence-electron chi connectivity index (χ3n) is 3.39. The lowest BCUT2D eigenvalue weighted by atomic mass is 10.0. The summed E-state index contributed by atoms with van der Waals surface area (Å²) in [6, 6.07) is 3.33. The van der Waals surface area contributed by atoms with Crippen LogP contribution in [0.2, 0.25) is 5.02 Å². The molecule has 2 aliphatic rings. The van der Waals surface area contributed by atoms with Crippen LogP contribution in [0.1, 0.15) is 18.4 Å². The van der Waals surface area contributed by atoms with Crippen molar-refractivity contribution in [1.29, 1.82) is 0 Å². The second-order valence-corrected chi connectivity index (χ2v) is 5.53. The highest BCUT2D eigenvalue weighted by Crippen LogP contribution is 2.41. The molecule has 0 saturated carbocycles. The quantitative estimate of drug-likeness (QED) is 0.669. The van der Waals surface area contributed by atoms with Crippen LogP contribution in [0.4, 0.5) is 0 Å². The van der Waals surface area contributed by atoms with Crippen molar-refractivity contribution in [2.24, 2.45) is 10.7 Å². The van der Waals surface area contributed by atoms with Gasteiger partial charge in [-0.05, 0) is 24.6 Å². The molecule has 0 radical (unpaired) electrons. The molecule has 0 saturated heterocycles. The molecule has 9 heteroatoms. The zero-order chi connectivity index (χ0) is 17.3. The molecule has 3 rings (SSSR count). The van der Waals surface area contributed by atoms with Gasteiger partial charge in [0.25, 0.3) is 5.91 Å². The van der Waals surface area contributed by atoms with Gasteiger partial charge in [-0.1, -0.05) is 11.6 Å². The molecule has 0 spiro atoms. The Morgan fingerprint density at radius 3 is 3.04 bits per heavy atom. The highest BCUT2D eigenvalue weighted by Gasteiger charge is 2.31. The molecule has 2 aliphatic heterocycles. The number of carbonyl (C=O) groups is 2.